The Morgan fingerprint density at radius 3 is 2.29 bits per heavy atom. The summed E-state index contributed by atoms with van der Waals surface area (Å²) in [7, 11) is 0. The lowest BCUT2D eigenvalue weighted by Gasteiger charge is -2.34. The van der Waals surface area contributed by atoms with Crippen molar-refractivity contribution in [2.45, 2.75) is 6.42 Å². The van der Waals surface area contributed by atoms with Crippen LogP contribution in [0.25, 0.3) is 0 Å². The van der Waals surface area contributed by atoms with E-state index in [1.807, 2.05) is 23.1 Å². The van der Waals surface area contributed by atoms with Gasteiger partial charge in [-0.15, -0.1) is 24.8 Å². The molecule has 1 aromatic heterocycles. The third kappa shape index (κ3) is 6.79. The highest BCUT2D eigenvalue weighted by molar-refractivity contribution is 5.94. The molecule has 2 heterocycles. The van der Waals surface area contributed by atoms with Gasteiger partial charge >= 0.3 is 0 Å². The van der Waals surface area contributed by atoms with Gasteiger partial charge in [0.25, 0.3) is 11.9 Å². The number of hydrogen-bond donors (Lipinski definition) is 0. The number of halogens is 4. The topological polar surface area (TPSA) is 63.0 Å². The molecule has 1 aliphatic rings. The van der Waals surface area contributed by atoms with Gasteiger partial charge in [0.15, 0.2) is 23.1 Å². The zero-order valence-electron chi connectivity index (χ0n) is 18.1. The molecule has 182 valence electrons. The number of carbonyl (C=O) groups excluding carboxylic acids is 2. The number of hydrogen-bond acceptors (Lipinski definition) is 5. The smallest absolute Gasteiger partial charge is 0.290 e. The van der Waals surface area contributed by atoms with Gasteiger partial charge in [0.2, 0.25) is 0 Å². The number of benzene rings is 2. The Morgan fingerprint density at radius 1 is 0.912 bits per heavy atom. The van der Waals surface area contributed by atoms with Crippen molar-refractivity contribution in [3.8, 4) is 11.7 Å². The van der Waals surface area contributed by atoms with Crippen LogP contribution in [0.2, 0.25) is 0 Å². The molecular weight excluding hydrogens is 489 g/mol. The first-order chi connectivity index (χ1) is 15.5. The van der Waals surface area contributed by atoms with E-state index in [0.29, 0.717) is 44.4 Å². The Morgan fingerprint density at radius 2 is 1.62 bits per heavy atom. The lowest BCUT2D eigenvalue weighted by Crippen LogP contribution is -2.49. The molecule has 34 heavy (non-hydrogen) atoms. The van der Waals surface area contributed by atoms with Gasteiger partial charge < -0.3 is 14.1 Å². The molecule has 1 aliphatic heterocycles. The Labute approximate surface area is 208 Å². The first-order valence-corrected chi connectivity index (χ1v) is 10.3. The van der Waals surface area contributed by atoms with E-state index < -0.39 is 11.6 Å². The van der Waals surface area contributed by atoms with Crippen LogP contribution in [0.1, 0.15) is 27.3 Å². The summed E-state index contributed by atoms with van der Waals surface area (Å²) in [6, 6.07) is 15.0. The van der Waals surface area contributed by atoms with Crippen LogP contribution in [0.15, 0.2) is 65.1 Å². The Kier molecular flexibility index (Phi) is 10.0. The maximum absolute atomic E-state index is 13.7. The van der Waals surface area contributed by atoms with Crippen molar-refractivity contribution in [1.82, 2.24) is 9.80 Å². The average molecular weight is 513 g/mol. The summed E-state index contributed by atoms with van der Waals surface area (Å²) in [5.74, 6) is -1.89. The van der Waals surface area contributed by atoms with Crippen LogP contribution in [0.4, 0.5) is 8.78 Å². The maximum Gasteiger partial charge on any atom is 0.290 e. The van der Waals surface area contributed by atoms with Gasteiger partial charge in [-0.3, -0.25) is 14.5 Å². The average Bonchev–Trinajstić information content (AvgIpc) is 3.28. The van der Waals surface area contributed by atoms with E-state index in [-0.39, 0.29) is 60.4 Å². The summed E-state index contributed by atoms with van der Waals surface area (Å²) in [4.78, 5) is 28.9. The van der Waals surface area contributed by atoms with Crippen LogP contribution in [0.3, 0.4) is 0 Å². The molecule has 1 saturated heterocycles. The van der Waals surface area contributed by atoms with Gasteiger partial charge in [0, 0.05) is 56.8 Å². The lowest BCUT2D eigenvalue weighted by atomic mass is 10.1. The molecule has 2 aromatic carbocycles. The number of amides is 1. The van der Waals surface area contributed by atoms with Gasteiger partial charge in [-0.2, -0.15) is 0 Å². The second kappa shape index (κ2) is 12.5. The molecule has 6 nitrogen and oxygen atoms in total. The molecule has 0 atom stereocenters. The van der Waals surface area contributed by atoms with Crippen LogP contribution < -0.4 is 4.74 Å². The lowest BCUT2D eigenvalue weighted by molar-refractivity contribution is 0.0627. The van der Waals surface area contributed by atoms with E-state index in [0.717, 1.165) is 12.1 Å². The van der Waals surface area contributed by atoms with Crippen LogP contribution in [0.5, 0.6) is 11.7 Å². The zero-order chi connectivity index (χ0) is 22.5. The second-order valence-electron chi connectivity index (χ2n) is 7.47. The number of piperazine rings is 1. The fraction of sp³-hybridized carbons (Fsp3) is 0.250. The number of ether oxygens (including phenoxy) is 1. The molecule has 0 aliphatic carbocycles. The van der Waals surface area contributed by atoms with Gasteiger partial charge in [-0.1, -0.05) is 18.2 Å². The summed E-state index contributed by atoms with van der Waals surface area (Å²) in [6.07, 6.45) is 0.241. The monoisotopic (exact) mass is 512 g/mol. The van der Waals surface area contributed by atoms with Gasteiger partial charge in [-0.25, -0.2) is 8.78 Å². The molecule has 0 bridgehead atoms. The van der Waals surface area contributed by atoms with Crippen molar-refractivity contribution in [3.63, 3.8) is 0 Å². The van der Waals surface area contributed by atoms with E-state index in [1.54, 1.807) is 12.1 Å². The molecule has 4 rings (SSSR count). The van der Waals surface area contributed by atoms with Crippen LogP contribution >= 0.6 is 24.8 Å². The van der Waals surface area contributed by atoms with E-state index >= 15 is 0 Å². The summed E-state index contributed by atoms with van der Waals surface area (Å²) in [5.41, 5.74) is 0.674. The highest BCUT2D eigenvalue weighted by atomic mass is 35.5. The molecule has 0 saturated carbocycles. The third-order valence-corrected chi connectivity index (χ3v) is 5.30. The minimum absolute atomic E-state index is 0. The number of carbonyl (C=O) groups is 2. The second-order valence-corrected chi connectivity index (χ2v) is 7.47. The number of rotatable bonds is 7. The van der Waals surface area contributed by atoms with Crippen molar-refractivity contribution >= 4 is 36.5 Å². The summed E-state index contributed by atoms with van der Waals surface area (Å²) < 4.78 is 37.3. The van der Waals surface area contributed by atoms with E-state index in [4.69, 9.17) is 9.15 Å². The standard InChI is InChI=1S/C24H22F2N2O4.2ClH/c25-18-6-7-21(19(26)16-18)31-23-9-8-22(32-23)20(29)10-11-27-12-14-28(15-13-27)24(30)17-4-2-1-3-5-17;;/h1-9,16H,10-15H2;2*1H. The van der Waals surface area contributed by atoms with Crippen molar-refractivity contribution in [1.29, 1.82) is 0 Å². The minimum atomic E-state index is -0.862. The zero-order valence-corrected chi connectivity index (χ0v) is 19.7. The molecular formula is C24H24Cl2F2N2O4. The van der Waals surface area contributed by atoms with Gasteiger partial charge in [0.05, 0.1) is 0 Å². The Balaban J connectivity index is 0.00000204. The number of ketones is 1. The largest absolute Gasteiger partial charge is 0.423 e. The SMILES string of the molecule is Cl.Cl.O=C(CCN1CCN(C(=O)c2ccccc2)CC1)c1ccc(Oc2ccc(F)cc2F)o1. The first kappa shape index (κ1) is 27.3. The van der Waals surface area contributed by atoms with Crippen molar-refractivity contribution < 1.29 is 27.5 Å². The first-order valence-electron chi connectivity index (χ1n) is 10.3. The maximum atomic E-state index is 13.7. The highest BCUT2D eigenvalue weighted by Gasteiger charge is 2.23. The van der Waals surface area contributed by atoms with Gasteiger partial charge in [0.1, 0.15) is 5.82 Å². The van der Waals surface area contributed by atoms with E-state index in [2.05, 4.69) is 4.90 Å². The Hall–Kier alpha value is -2.94. The molecule has 1 amide bonds. The highest BCUT2D eigenvalue weighted by Crippen LogP contribution is 2.27. The van der Waals surface area contributed by atoms with Crippen molar-refractivity contribution in [2.75, 3.05) is 32.7 Å². The van der Waals surface area contributed by atoms with Crippen molar-refractivity contribution in [2.24, 2.45) is 0 Å². The fourth-order valence-electron chi connectivity index (χ4n) is 3.51. The predicted octanol–water partition coefficient (Wildman–Crippen LogP) is 5.22. The molecule has 1 fully saturated rings. The summed E-state index contributed by atoms with van der Waals surface area (Å²) in [6.45, 7) is 3.11. The molecule has 0 spiro atoms. The third-order valence-electron chi connectivity index (χ3n) is 5.30. The Bertz CT molecular complexity index is 1100. The number of furan rings is 1. The summed E-state index contributed by atoms with van der Waals surface area (Å²) >= 11 is 0. The fourth-order valence-corrected chi connectivity index (χ4v) is 3.51. The minimum Gasteiger partial charge on any atom is -0.423 e. The van der Waals surface area contributed by atoms with E-state index in [9.17, 15) is 18.4 Å². The van der Waals surface area contributed by atoms with Crippen molar-refractivity contribution in [3.05, 3.63) is 83.6 Å². The van der Waals surface area contributed by atoms with E-state index in [1.165, 1.54) is 12.1 Å². The van der Waals surface area contributed by atoms with Crippen LogP contribution in [-0.4, -0.2) is 54.2 Å². The van der Waals surface area contributed by atoms with Gasteiger partial charge in [-0.05, 0) is 30.3 Å². The quantitative estimate of drug-likeness (QED) is 0.406. The summed E-state index contributed by atoms with van der Waals surface area (Å²) in [5, 5.41) is 0. The van der Waals surface area contributed by atoms with Crippen LogP contribution in [0, 0.1) is 11.6 Å². The molecule has 0 N–H and O–H groups in total. The van der Waals surface area contributed by atoms with Crippen LogP contribution in [-0.2, 0) is 0 Å². The number of Topliss-reactive ketones (excluding diaryl/α,β-unsaturated/α-hetero) is 1. The molecule has 3 aromatic rings. The molecule has 10 heteroatoms. The number of nitrogens with zero attached hydrogens (tertiary/aromatic N) is 2. The molecule has 0 unspecified atom stereocenters. The predicted molar refractivity (Wildman–Crippen MR) is 127 cm³/mol. The molecule has 0 radical (unpaired) electrons. The normalized spacial score (nSPS) is 13.5.